The highest BCUT2D eigenvalue weighted by atomic mass is 32.4. The van der Waals surface area contributed by atoms with Gasteiger partial charge in [-0.25, -0.2) is 29.9 Å². The van der Waals surface area contributed by atoms with Crippen LogP contribution in [-0.4, -0.2) is 29.9 Å². The van der Waals surface area contributed by atoms with Crippen molar-refractivity contribution < 1.29 is 9.13 Å². The van der Waals surface area contributed by atoms with Crippen molar-refractivity contribution in [2.75, 3.05) is 0 Å². The lowest BCUT2D eigenvalue weighted by atomic mass is 9.97. The molecular weight excluding hydrogens is 1540 g/mol. The van der Waals surface area contributed by atoms with Crippen molar-refractivity contribution >= 4 is 123 Å². The molecule has 0 saturated carbocycles. The Morgan fingerprint density at radius 2 is 0.417 bits per heavy atom. The summed E-state index contributed by atoms with van der Waals surface area (Å²) in [5, 5.41) is 12.8. The first-order valence-corrected chi connectivity index (χ1v) is 46.2. The van der Waals surface area contributed by atoms with E-state index < -0.39 is 20.3 Å². The molecule has 20 rings (SSSR count). The molecule has 0 bridgehead atoms. The Balaban J connectivity index is 0.000000124. The molecule has 0 fully saturated rings. The number of hydrogen-bond donors (Lipinski definition) is 0. The normalized spacial score (nSPS) is 11.5. The maximum atomic E-state index is 14.8. The Morgan fingerprint density at radius 1 is 0.200 bits per heavy atom. The lowest BCUT2D eigenvalue weighted by molar-refractivity contribution is 0.591. The molecule has 0 saturated heterocycles. The van der Waals surface area contributed by atoms with E-state index >= 15 is 0 Å². The van der Waals surface area contributed by atoms with Gasteiger partial charge in [-0.05, 0) is 71.2 Å². The van der Waals surface area contributed by atoms with Crippen LogP contribution >= 0.6 is 20.3 Å². The summed E-state index contributed by atoms with van der Waals surface area (Å²) in [6, 6.07) is 146. The molecule has 0 radical (unpaired) electrons. The van der Waals surface area contributed by atoms with Gasteiger partial charge in [0.05, 0.1) is 56.2 Å². The van der Waals surface area contributed by atoms with Crippen LogP contribution in [0, 0.1) is 13.8 Å². The summed E-state index contributed by atoms with van der Waals surface area (Å²) in [5.41, 5.74) is 18.5. The highest BCUT2D eigenvalue weighted by Crippen LogP contribution is 2.46. The van der Waals surface area contributed by atoms with Gasteiger partial charge in [-0.3, -0.25) is 0 Å². The Hall–Kier alpha value is -13.9. The van der Waals surface area contributed by atoms with Crippen molar-refractivity contribution in [1.82, 2.24) is 29.9 Å². The highest BCUT2D eigenvalue weighted by Gasteiger charge is 2.32. The Kier molecular flexibility index (Phi) is 22.2. The van der Waals surface area contributed by atoms with Gasteiger partial charge >= 0.3 is 0 Å². The van der Waals surface area contributed by atoms with Crippen LogP contribution in [-0.2, 0) is 20.9 Å². The number of hydrogen-bond acceptors (Lipinski definition) is 9. The van der Waals surface area contributed by atoms with Crippen LogP contribution < -0.4 is 47.7 Å². The predicted molar refractivity (Wildman–Crippen MR) is 509 cm³/mol. The van der Waals surface area contributed by atoms with Gasteiger partial charge < -0.3 is 9.13 Å². The molecule has 15 aromatic carbocycles. The topological polar surface area (TPSA) is 111 Å². The molecule has 5 aromatic heterocycles. The number of aromatic nitrogens is 6. The zero-order valence-electron chi connectivity index (χ0n) is 65.9. The first-order chi connectivity index (χ1) is 58.9. The summed E-state index contributed by atoms with van der Waals surface area (Å²) in [5.74, 6) is 0.713. The lowest BCUT2D eigenvalue weighted by Gasteiger charge is -2.24. The van der Waals surface area contributed by atoms with E-state index in [2.05, 4.69) is 184 Å². The summed E-state index contributed by atoms with van der Waals surface area (Å²) in [4.78, 5) is 30.3. The second-order valence-corrected chi connectivity index (χ2v) is 39.4. The zero-order chi connectivity index (χ0) is 81.4. The SMILES string of the molecule is Cc1c(C)c2ccc(-c3ccc(P(=O)(c4ccccc4)c4ccccc4)cc3)nc2c2nc(-c3ccccc3)ccc12.O=P(c1ccccc1)(c1ccccc1)c1ccc(-c2ccc3ccc4ccc(-c5ccccc5)nc4c3n2)cc1.S=P(c1ccccc1)(c1ccccc1)c1ccc(-c2cc(-c3ccccc3)nc(-c3ccccc3)n2)cc1. The number of aryl methyl sites for hydroxylation is 2. The fourth-order valence-corrected chi connectivity index (χ4v) is 24.7. The van der Waals surface area contributed by atoms with Gasteiger partial charge in [-0.1, -0.05) is 424 Å². The molecule has 0 aliphatic carbocycles. The molecule has 0 amide bonds. The third-order valence-electron chi connectivity index (χ3n) is 22.2. The number of rotatable bonds is 16. The van der Waals surface area contributed by atoms with Crippen LogP contribution in [0.1, 0.15) is 11.1 Å². The van der Waals surface area contributed by atoms with E-state index in [-0.39, 0.29) is 0 Å². The van der Waals surface area contributed by atoms with Crippen LogP contribution in [0.4, 0.5) is 0 Å². The standard InChI is InChI=1S/C38H29N2OP.C36H25N2OP.C34H25N2PS/c1-26-27(2)34-23-25-36(40-38(34)37-33(26)22-24-35(39-37)28-12-6-3-7-13-28)29-18-20-32(21-19-29)42(41,30-14-8-4-9-15-30)31-16-10-5-11-17-31;39-40(30-12-6-2-7-13-30,31-14-8-3-9-15-31)32-22-18-27(19-23-32)34-25-21-29-17-16-28-20-24-33(26-10-4-1-5-11-26)37-35(28)36(29)38-34;38-37(29-17-9-3-10-18-29,30-19-11-4-12-20-30)31-23-21-27(22-24-31)33-25-32(26-13-5-1-6-14-26)35-34(36-33)28-15-7-2-8-16-28/h3-25H,1-2H3;1-25H;1-25H. The molecule has 120 heavy (non-hydrogen) atoms. The largest absolute Gasteiger partial charge is 0.309 e. The minimum absolute atomic E-state index is 0.713. The number of fused-ring (bicyclic) bond motifs is 6. The molecule has 0 aliphatic heterocycles. The van der Waals surface area contributed by atoms with Crippen LogP contribution in [0.15, 0.2) is 443 Å². The first kappa shape index (κ1) is 77.4. The van der Waals surface area contributed by atoms with Gasteiger partial charge in [-0.2, -0.15) is 0 Å². The third-order valence-corrected chi connectivity index (χ3v) is 33.3. The van der Waals surface area contributed by atoms with Gasteiger partial charge in [0, 0.05) is 98.4 Å². The number of nitrogens with zero attached hydrogens (tertiary/aromatic N) is 6. The van der Waals surface area contributed by atoms with Gasteiger partial charge in [0.1, 0.15) is 0 Å². The smallest absolute Gasteiger partial charge is 0.171 e. The van der Waals surface area contributed by atoms with E-state index in [0.29, 0.717) is 5.82 Å². The summed E-state index contributed by atoms with van der Waals surface area (Å²) in [6.07, 6.45) is 0. The summed E-state index contributed by atoms with van der Waals surface area (Å²) < 4.78 is 29.5. The molecule has 0 unspecified atom stereocenters. The van der Waals surface area contributed by atoms with E-state index in [9.17, 15) is 9.13 Å². The lowest BCUT2D eigenvalue weighted by Crippen LogP contribution is -2.24. The van der Waals surface area contributed by atoms with E-state index in [1.54, 1.807) is 0 Å². The van der Waals surface area contributed by atoms with Gasteiger partial charge in [0.2, 0.25) is 0 Å². The quantitative estimate of drug-likeness (QED) is 0.0690. The predicted octanol–water partition coefficient (Wildman–Crippen LogP) is 23.4. The van der Waals surface area contributed by atoms with E-state index in [1.807, 2.05) is 273 Å². The Labute approximate surface area is 704 Å². The molecular formula is C108H79N6O2P3S. The molecule has 574 valence electrons. The second-order valence-electron chi connectivity index (χ2n) is 29.4. The Bertz CT molecular complexity index is 7010. The molecule has 0 N–H and O–H groups in total. The van der Waals surface area contributed by atoms with Crippen LogP contribution in [0.2, 0.25) is 0 Å². The molecule has 0 spiro atoms. The van der Waals surface area contributed by atoms with E-state index in [0.717, 1.165) is 154 Å². The molecule has 20 aromatic rings. The zero-order valence-corrected chi connectivity index (χ0v) is 69.4. The summed E-state index contributed by atoms with van der Waals surface area (Å²) >= 11 is 6.52. The van der Waals surface area contributed by atoms with Gasteiger partial charge in [-0.15, -0.1) is 0 Å². The van der Waals surface area contributed by atoms with Gasteiger partial charge in [0.25, 0.3) is 0 Å². The fraction of sp³-hybridized carbons (Fsp3) is 0.0185. The van der Waals surface area contributed by atoms with Crippen LogP contribution in [0.5, 0.6) is 0 Å². The average Bonchev–Trinajstić information content (AvgIpc) is 0.804. The van der Waals surface area contributed by atoms with Crippen molar-refractivity contribution in [2.45, 2.75) is 13.8 Å². The molecule has 12 heteroatoms. The fourth-order valence-electron chi connectivity index (χ4n) is 15.7. The summed E-state index contributed by atoms with van der Waals surface area (Å²) in [7, 11) is -6.06. The van der Waals surface area contributed by atoms with E-state index in [1.165, 1.54) is 21.7 Å². The maximum Gasteiger partial charge on any atom is 0.171 e. The minimum Gasteiger partial charge on any atom is -0.309 e. The molecule has 0 atom stereocenters. The molecule has 5 heterocycles. The summed E-state index contributed by atoms with van der Waals surface area (Å²) in [6.45, 7) is 4.31. The maximum absolute atomic E-state index is 14.8. The van der Waals surface area contributed by atoms with Crippen molar-refractivity contribution in [3.8, 4) is 78.9 Å². The number of pyridine rings is 4. The molecule has 0 aliphatic rings. The number of benzene rings is 15. The second kappa shape index (κ2) is 34.4. The van der Waals surface area contributed by atoms with Crippen LogP contribution in [0.25, 0.3) is 123 Å². The highest BCUT2D eigenvalue weighted by molar-refractivity contribution is 8.25. The van der Waals surface area contributed by atoms with Crippen molar-refractivity contribution in [3.63, 3.8) is 0 Å². The Morgan fingerprint density at radius 3 is 0.733 bits per heavy atom. The van der Waals surface area contributed by atoms with E-state index in [4.69, 9.17) is 41.7 Å². The first-order valence-electron chi connectivity index (χ1n) is 39.9. The third kappa shape index (κ3) is 15.5. The monoisotopic (exact) mass is 1620 g/mol. The van der Waals surface area contributed by atoms with Crippen LogP contribution in [0.3, 0.4) is 0 Å². The van der Waals surface area contributed by atoms with Crippen molar-refractivity contribution in [1.29, 1.82) is 0 Å². The average molecular weight is 1620 g/mol. The minimum atomic E-state index is -3.04. The van der Waals surface area contributed by atoms with Crippen molar-refractivity contribution in [2.24, 2.45) is 0 Å². The van der Waals surface area contributed by atoms with Gasteiger partial charge in [0.15, 0.2) is 20.1 Å². The van der Waals surface area contributed by atoms with Crippen molar-refractivity contribution in [3.05, 3.63) is 454 Å². The molecule has 8 nitrogen and oxygen atoms in total.